The lowest BCUT2D eigenvalue weighted by molar-refractivity contribution is -0.524. The zero-order valence-corrected chi connectivity index (χ0v) is 8.98. The maximum absolute atomic E-state index is 11.2. The molecule has 0 radical (unpaired) electrons. The standard InChI is InChI=1S/C10H17NO4/c1-8-6-7-9(11(13)14)4-2-3-5-10(12)15-8/h8-9H,2-7H2,1H3/t8-,9?/m1/s1. The van der Waals surface area contributed by atoms with Crippen molar-refractivity contribution in [2.75, 3.05) is 0 Å². The average molecular weight is 215 g/mol. The first-order chi connectivity index (χ1) is 7.09. The van der Waals surface area contributed by atoms with Crippen molar-refractivity contribution in [2.24, 2.45) is 0 Å². The van der Waals surface area contributed by atoms with E-state index in [1.807, 2.05) is 0 Å². The zero-order chi connectivity index (χ0) is 11.3. The number of rotatable bonds is 1. The lowest BCUT2D eigenvalue weighted by Gasteiger charge is -2.17. The van der Waals surface area contributed by atoms with E-state index < -0.39 is 6.04 Å². The molecule has 1 rings (SSSR count). The maximum Gasteiger partial charge on any atom is 0.306 e. The number of carbonyl (C=O) groups excluding carboxylic acids is 1. The number of nitro groups is 1. The van der Waals surface area contributed by atoms with Crippen molar-refractivity contribution in [2.45, 2.75) is 57.6 Å². The molecule has 0 aromatic carbocycles. The molecular weight excluding hydrogens is 198 g/mol. The Balaban J connectivity index is 2.49. The highest BCUT2D eigenvalue weighted by atomic mass is 16.6. The van der Waals surface area contributed by atoms with E-state index in [0.717, 1.165) is 6.42 Å². The molecule has 0 aromatic rings. The smallest absolute Gasteiger partial charge is 0.306 e. The van der Waals surface area contributed by atoms with Gasteiger partial charge < -0.3 is 4.74 Å². The van der Waals surface area contributed by atoms with Gasteiger partial charge in [0, 0.05) is 24.2 Å². The van der Waals surface area contributed by atoms with Crippen molar-refractivity contribution in [3.8, 4) is 0 Å². The van der Waals surface area contributed by atoms with Crippen LogP contribution in [-0.4, -0.2) is 23.0 Å². The summed E-state index contributed by atoms with van der Waals surface area (Å²) in [4.78, 5) is 21.6. The van der Waals surface area contributed by atoms with Gasteiger partial charge in [-0.15, -0.1) is 0 Å². The third-order valence-corrected chi connectivity index (χ3v) is 2.71. The van der Waals surface area contributed by atoms with E-state index in [9.17, 15) is 14.9 Å². The highest BCUT2D eigenvalue weighted by molar-refractivity contribution is 5.69. The second-order valence-corrected chi connectivity index (χ2v) is 4.06. The third-order valence-electron chi connectivity index (χ3n) is 2.71. The number of cyclic esters (lactones) is 1. The van der Waals surface area contributed by atoms with Gasteiger partial charge in [-0.05, 0) is 26.2 Å². The molecule has 2 atom stereocenters. The molecule has 1 heterocycles. The van der Waals surface area contributed by atoms with Crippen molar-refractivity contribution in [3.63, 3.8) is 0 Å². The normalized spacial score (nSPS) is 29.3. The molecule has 5 nitrogen and oxygen atoms in total. The molecule has 0 spiro atoms. The highest BCUT2D eigenvalue weighted by Crippen LogP contribution is 2.16. The van der Waals surface area contributed by atoms with Crippen LogP contribution >= 0.6 is 0 Å². The minimum Gasteiger partial charge on any atom is -0.463 e. The molecule has 5 heteroatoms. The number of carbonyl (C=O) groups is 1. The molecule has 0 N–H and O–H groups in total. The van der Waals surface area contributed by atoms with Crippen LogP contribution in [0.1, 0.15) is 45.4 Å². The summed E-state index contributed by atoms with van der Waals surface area (Å²) in [5.74, 6) is -0.179. The fourth-order valence-corrected chi connectivity index (χ4v) is 1.77. The van der Waals surface area contributed by atoms with Gasteiger partial charge in [0.1, 0.15) is 0 Å². The second-order valence-electron chi connectivity index (χ2n) is 4.06. The van der Waals surface area contributed by atoms with Gasteiger partial charge in [0.25, 0.3) is 0 Å². The topological polar surface area (TPSA) is 69.4 Å². The summed E-state index contributed by atoms with van der Waals surface area (Å²) in [6, 6.07) is -0.468. The zero-order valence-electron chi connectivity index (χ0n) is 8.98. The van der Waals surface area contributed by atoms with Crippen LogP contribution in [0.3, 0.4) is 0 Å². The fourth-order valence-electron chi connectivity index (χ4n) is 1.77. The van der Waals surface area contributed by atoms with Crippen LogP contribution < -0.4 is 0 Å². The van der Waals surface area contributed by atoms with Crippen molar-refractivity contribution in [3.05, 3.63) is 10.1 Å². The molecule has 1 fully saturated rings. The van der Waals surface area contributed by atoms with Gasteiger partial charge in [0.05, 0.1) is 6.10 Å². The summed E-state index contributed by atoms with van der Waals surface area (Å²) in [6.45, 7) is 1.79. The Hall–Kier alpha value is -1.13. The van der Waals surface area contributed by atoms with E-state index in [4.69, 9.17) is 4.74 Å². The summed E-state index contributed by atoms with van der Waals surface area (Å²) in [6.07, 6.45) is 3.27. The van der Waals surface area contributed by atoms with Crippen molar-refractivity contribution < 1.29 is 14.5 Å². The van der Waals surface area contributed by atoms with E-state index in [1.54, 1.807) is 6.92 Å². The summed E-state index contributed by atoms with van der Waals surface area (Å²) in [5, 5.41) is 10.7. The van der Waals surface area contributed by atoms with Gasteiger partial charge >= 0.3 is 5.97 Å². The Bertz CT molecular complexity index is 242. The summed E-state index contributed by atoms with van der Waals surface area (Å²) < 4.78 is 5.09. The molecule has 1 saturated heterocycles. The minimum atomic E-state index is -0.468. The lowest BCUT2D eigenvalue weighted by Crippen LogP contribution is -2.24. The molecule has 0 aliphatic carbocycles. The molecule has 0 aromatic heterocycles. The maximum atomic E-state index is 11.2. The van der Waals surface area contributed by atoms with Crippen molar-refractivity contribution in [1.82, 2.24) is 0 Å². The quantitative estimate of drug-likeness (QED) is 0.380. The minimum absolute atomic E-state index is 0.179. The number of hydrogen-bond acceptors (Lipinski definition) is 4. The van der Waals surface area contributed by atoms with Gasteiger partial charge in [-0.25, -0.2) is 0 Å². The largest absolute Gasteiger partial charge is 0.463 e. The van der Waals surface area contributed by atoms with Crippen LogP contribution in [0.15, 0.2) is 0 Å². The fraction of sp³-hybridized carbons (Fsp3) is 0.900. The van der Waals surface area contributed by atoms with E-state index in [2.05, 4.69) is 0 Å². The van der Waals surface area contributed by atoms with E-state index in [0.29, 0.717) is 32.1 Å². The first-order valence-corrected chi connectivity index (χ1v) is 5.42. The molecule has 1 unspecified atom stereocenters. The molecule has 0 amide bonds. The average Bonchev–Trinajstić information content (AvgIpc) is 2.15. The molecule has 86 valence electrons. The predicted octanol–water partition coefficient (Wildman–Crippen LogP) is 1.92. The second kappa shape index (κ2) is 5.68. The Kier molecular flexibility index (Phi) is 4.52. The Morgan fingerprint density at radius 3 is 2.73 bits per heavy atom. The van der Waals surface area contributed by atoms with E-state index in [1.165, 1.54) is 0 Å². The Labute approximate surface area is 88.9 Å². The van der Waals surface area contributed by atoms with Gasteiger partial charge in [-0.2, -0.15) is 0 Å². The van der Waals surface area contributed by atoms with Crippen LogP contribution in [0, 0.1) is 10.1 Å². The third kappa shape index (κ3) is 4.27. The summed E-state index contributed by atoms with van der Waals surface area (Å²) in [7, 11) is 0. The first kappa shape index (κ1) is 11.9. The van der Waals surface area contributed by atoms with Gasteiger partial charge in [-0.1, -0.05) is 0 Å². The number of nitrogens with zero attached hydrogens (tertiary/aromatic N) is 1. The first-order valence-electron chi connectivity index (χ1n) is 5.42. The van der Waals surface area contributed by atoms with E-state index >= 15 is 0 Å². The lowest BCUT2D eigenvalue weighted by atomic mass is 10.0. The van der Waals surface area contributed by atoms with Crippen LogP contribution in [0.2, 0.25) is 0 Å². The van der Waals surface area contributed by atoms with Crippen molar-refractivity contribution in [1.29, 1.82) is 0 Å². The molecule has 0 saturated carbocycles. The monoisotopic (exact) mass is 215 g/mol. The Morgan fingerprint density at radius 2 is 2.07 bits per heavy atom. The number of esters is 1. The van der Waals surface area contributed by atoms with Crippen LogP contribution in [0.4, 0.5) is 0 Å². The van der Waals surface area contributed by atoms with Gasteiger partial charge in [0.15, 0.2) is 0 Å². The van der Waals surface area contributed by atoms with Crippen LogP contribution in [0.25, 0.3) is 0 Å². The SMILES string of the molecule is C[C@@H]1CCC([N+](=O)[O-])CCCCC(=O)O1. The van der Waals surface area contributed by atoms with Crippen LogP contribution in [0.5, 0.6) is 0 Å². The summed E-state index contributed by atoms with van der Waals surface area (Å²) in [5.41, 5.74) is 0. The molecular formula is C10H17NO4. The highest BCUT2D eigenvalue weighted by Gasteiger charge is 2.23. The number of hydrogen-bond donors (Lipinski definition) is 0. The summed E-state index contributed by atoms with van der Waals surface area (Å²) >= 11 is 0. The molecule has 0 bridgehead atoms. The predicted molar refractivity (Wildman–Crippen MR) is 54.0 cm³/mol. The van der Waals surface area contributed by atoms with Gasteiger partial charge in [-0.3, -0.25) is 14.9 Å². The van der Waals surface area contributed by atoms with E-state index in [-0.39, 0.29) is 17.0 Å². The Morgan fingerprint density at radius 1 is 1.33 bits per heavy atom. The van der Waals surface area contributed by atoms with Gasteiger partial charge in [0.2, 0.25) is 6.04 Å². The molecule has 15 heavy (non-hydrogen) atoms. The van der Waals surface area contributed by atoms with Crippen LogP contribution in [-0.2, 0) is 9.53 Å². The molecule has 1 aliphatic rings. The molecule has 1 aliphatic heterocycles. The number of ether oxygens (including phenoxy) is 1. The van der Waals surface area contributed by atoms with Crippen molar-refractivity contribution >= 4 is 5.97 Å².